The van der Waals surface area contributed by atoms with Crippen molar-refractivity contribution in [1.82, 2.24) is 0 Å². The number of esters is 1. The van der Waals surface area contributed by atoms with Crippen LogP contribution in [0.5, 0.6) is 11.5 Å². The van der Waals surface area contributed by atoms with Crippen LogP contribution >= 0.6 is 15.9 Å². The van der Waals surface area contributed by atoms with Crippen LogP contribution in [-0.4, -0.2) is 23.4 Å². The quantitative estimate of drug-likeness (QED) is 0.0932. The number of nitro benzene ring substituents is 1. The van der Waals surface area contributed by atoms with Crippen LogP contribution in [0.25, 0.3) is 6.08 Å². The maximum Gasteiger partial charge on any atom is 0.343 e. The van der Waals surface area contributed by atoms with Gasteiger partial charge < -0.3 is 14.8 Å². The van der Waals surface area contributed by atoms with E-state index in [1.54, 1.807) is 50.2 Å². The number of non-ortho nitro benzene ring substituents is 1. The van der Waals surface area contributed by atoms with Crippen LogP contribution in [0.4, 0.5) is 11.4 Å². The van der Waals surface area contributed by atoms with E-state index < -0.39 is 16.8 Å². The molecule has 36 heavy (non-hydrogen) atoms. The molecule has 3 rings (SSSR count). The van der Waals surface area contributed by atoms with Crippen molar-refractivity contribution >= 4 is 45.3 Å². The van der Waals surface area contributed by atoms with Crippen LogP contribution in [0.2, 0.25) is 0 Å². The van der Waals surface area contributed by atoms with Gasteiger partial charge in [0.05, 0.1) is 27.3 Å². The molecule has 0 fully saturated rings. The van der Waals surface area contributed by atoms with Crippen LogP contribution < -0.4 is 14.8 Å². The normalized spacial score (nSPS) is 10.8. The third kappa shape index (κ3) is 6.34. The summed E-state index contributed by atoms with van der Waals surface area (Å²) in [5.74, 6) is -0.938. The molecule has 0 aliphatic heterocycles. The molecule has 1 N–H and O–H groups in total. The highest BCUT2D eigenvalue weighted by Crippen LogP contribution is 2.38. The largest absolute Gasteiger partial charge is 0.490 e. The van der Waals surface area contributed by atoms with Crippen LogP contribution in [0, 0.1) is 28.4 Å². The van der Waals surface area contributed by atoms with Crippen molar-refractivity contribution in [2.45, 2.75) is 13.8 Å². The summed E-state index contributed by atoms with van der Waals surface area (Å²) in [6.07, 6.45) is 1.33. The lowest BCUT2D eigenvalue weighted by Crippen LogP contribution is -2.14. The second-order valence-electron chi connectivity index (χ2n) is 7.40. The molecule has 182 valence electrons. The number of carbonyl (C=O) groups excluding carboxylic acids is 2. The topological polar surface area (TPSA) is 132 Å². The Hall–Kier alpha value is -4.49. The third-order valence-electron chi connectivity index (χ3n) is 4.89. The summed E-state index contributed by atoms with van der Waals surface area (Å²) in [5, 5.41) is 23.2. The molecule has 9 nitrogen and oxygen atoms in total. The number of anilines is 1. The fraction of sp³-hybridized carbons (Fsp3) is 0.115. The highest BCUT2D eigenvalue weighted by atomic mass is 79.9. The van der Waals surface area contributed by atoms with Crippen molar-refractivity contribution in [3.8, 4) is 17.6 Å². The average molecular weight is 550 g/mol. The Morgan fingerprint density at radius 1 is 1.17 bits per heavy atom. The van der Waals surface area contributed by atoms with Gasteiger partial charge in [0.25, 0.3) is 11.6 Å². The van der Waals surface area contributed by atoms with Gasteiger partial charge >= 0.3 is 5.97 Å². The van der Waals surface area contributed by atoms with Gasteiger partial charge in [-0.15, -0.1) is 0 Å². The first kappa shape index (κ1) is 26.1. The zero-order valence-electron chi connectivity index (χ0n) is 19.3. The molecule has 3 aromatic rings. The molecule has 0 aliphatic rings. The molecular weight excluding hydrogens is 530 g/mol. The second-order valence-corrected chi connectivity index (χ2v) is 8.25. The number of nitrogens with one attached hydrogen (secondary N) is 1. The van der Waals surface area contributed by atoms with E-state index in [1.165, 1.54) is 30.3 Å². The number of ether oxygens (including phenoxy) is 2. The lowest BCUT2D eigenvalue weighted by molar-refractivity contribution is -0.384. The average Bonchev–Trinajstić information content (AvgIpc) is 2.86. The molecule has 0 unspecified atom stereocenters. The van der Waals surface area contributed by atoms with Crippen molar-refractivity contribution < 1.29 is 24.0 Å². The number of aryl methyl sites for hydroxylation is 1. The molecule has 0 spiro atoms. The Balaban J connectivity index is 1.91. The third-order valence-corrected chi connectivity index (χ3v) is 5.48. The highest BCUT2D eigenvalue weighted by molar-refractivity contribution is 9.10. The number of carbonyl (C=O) groups is 2. The van der Waals surface area contributed by atoms with Gasteiger partial charge in [0.2, 0.25) is 0 Å². The smallest absolute Gasteiger partial charge is 0.343 e. The zero-order valence-corrected chi connectivity index (χ0v) is 20.9. The lowest BCUT2D eigenvalue weighted by Gasteiger charge is -2.14. The summed E-state index contributed by atoms with van der Waals surface area (Å²) in [6, 6.07) is 17.4. The molecular formula is C26H20BrN3O6. The lowest BCUT2D eigenvalue weighted by atomic mass is 10.1. The number of hydrogen-bond donors (Lipinski definition) is 1. The zero-order chi connectivity index (χ0) is 26.2. The van der Waals surface area contributed by atoms with Gasteiger partial charge in [0, 0.05) is 12.1 Å². The number of nitriles is 1. The van der Waals surface area contributed by atoms with Crippen LogP contribution in [0.15, 0.2) is 70.7 Å². The van der Waals surface area contributed by atoms with Crippen LogP contribution in [0.3, 0.4) is 0 Å². The summed E-state index contributed by atoms with van der Waals surface area (Å²) in [6.45, 7) is 3.71. The Bertz CT molecular complexity index is 1400. The molecule has 0 radical (unpaired) electrons. The first-order valence-electron chi connectivity index (χ1n) is 10.6. The Morgan fingerprint density at radius 3 is 2.53 bits per heavy atom. The maximum atomic E-state index is 12.8. The SMILES string of the molecule is CCOc1cc(/C=C(\C#N)C(=O)Nc2cc([N+](=O)[O-])ccc2C)cc(Br)c1OC(=O)c1ccccc1. The van der Waals surface area contributed by atoms with E-state index in [4.69, 9.17) is 9.47 Å². The van der Waals surface area contributed by atoms with Gasteiger partial charge in [0.1, 0.15) is 11.6 Å². The molecule has 0 heterocycles. The number of amides is 1. The number of nitro groups is 1. The van der Waals surface area contributed by atoms with E-state index >= 15 is 0 Å². The maximum absolute atomic E-state index is 12.8. The predicted molar refractivity (Wildman–Crippen MR) is 137 cm³/mol. The molecule has 0 aromatic heterocycles. The van der Waals surface area contributed by atoms with Crippen molar-refractivity contribution in [3.05, 3.63) is 97.5 Å². The summed E-state index contributed by atoms with van der Waals surface area (Å²) in [4.78, 5) is 35.8. The van der Waals surface area contributed by atoms with E-state index in [1.807, 2.05) is 6.07 Å². The van der Waals surface area contributed by atoms with E-state index in [9.17, 15) is 25.0 Å². The molecule has 0 saturated heterocycles. The van der Waals surface area contributed by atoms with Crippen molar-refractivity contribution in [1.29, 1.82) is 5.26 Å². The summed E-state index contributed by atoms with van der Waals surface area (Å²) in [7, 11) is 0. The number of benzene rings is 3. The molecule has 10 heteroatoms. The van der Waals surface area contributed by atoms with Gasteiger partial charge in [-0.25, -0.2) is 4.79 Å². The van der Waals surface area contributed by atoms with Gasteiger partial charge in [0.15, 0.2) is 11.5 Å². The fourth-order valence-corrected chi connectivity index (χ4v) is 3.66. The Kier molecular flexibility index (Phi) is 8.54. The Morgan fingerprint density at radius 2 is 1.89 bits per heavy atom. The number of hydrogen-bond acceptors (Lipinski definition) is 7. The van der Waals surface area contributed by atoms with Crippen LogP contribution in [-0.2, 0) is 4.79 Å². The number of halogens is 1. The van der Waals surface area contributed by atoms with Gasteiger partial charge in [-0.2, -0.15) is 5.26 Å². The first-order valence-corrected chi connectivity index (χ1v) is 11.4. The van der Waals surface area contributed by atoms with Crippen molar-refractivity contribution in [2.24, 2.45) is 0 Å². The van der Waals surface area contributed by atoms with Gasteiger partial charge in [-0.3, -0.25) is 14.9 Å². The minimum Gasteiger partial charge on any atom is -0.490 e. The predicted octanol–water partition coefficient (Wildman–Crippen LogP) is 5.83. The molecule has 0 atom stereocenters. The highest BCUT2D eigenvalue weighted by Gasteiger charge is 2.19. The van der Waals surface area contributed by atoms with E-state index in [0.717, 1.165) is 0 Å². The summed E-state index contributed by atoms with van der Waals surface area (Å²) in [5.41, 5.74) is 1.16. The van der Waals surface area contributed by atoms with Gasteiger partial charge in [-0.05, 0) is 71.2 Å². The second kappa shape index (κ2) is 11.8. The molecule has 0 bridgehead atoms. The van der Waals surface area contributed by atoms with Gasteiger partial charge in [-0.1, -0.05) is 24.3 Å². The van der Waals surface area contributed by atoms with Crippen molar-refractivity contribution in [2.75, 3.05) is 11.9 Å². The van der Waals surface area contributed by atoms with E-state index in [-0.39, 0.29) is 35.1 Å². The molecule has 0 saturated carbocycles. The number of rotatable bonds is 8. The monoisotopic (exact) mass is 549 g/mol. The number of nitrogens with zero attached hydrogens (tertiary/aromatic N) is 2. The Labute approximate surface area is 215 Å². The minimum atomic E-state index is -0.741. The van der Waals surface area contributed by atoms with E-state index in [0.29, 0.717) is 21.2 Å². The minimum absolute atomic E-state index is 0.151. The fourth-order valence-electron chi connectivity index (χ4n) is 3.12. The van der Waals surface area contributed by atoms with E-state index in [2.05, 4.69) is 21.2 Å². The molecule has 0 aliphatic carbocycles. The molecule has 3 aromatic carbocycles. The molecule has 1 amide bonds. The summed E-state index contributed by atoms with van der Waals surface area (Å²) >= 11 is 3.37. The standard InChI is InChI=1S/C26H20BrN3O6/c1-3-35-23-13-17(12-21(27)24(23)36-26(32)18-7-5-4-6-8-18)11-19(15-28)25(31)29-22-14-20(30(33)34)10-9-16(22)2/h4-14H,3H2,1-2H3,(H,29,31)/b19-11+. The van der Waals surface area contributed by atoms with Crippen molar-refractivity contribution in [3.63, 3.8) is 0 Å². The summed E-state index contributed by atoms with van der Waals surface area (Å²) < 4.78 is 11.5. The van der Waals surface area contributed by atoms with Crippen LogP contribution in [0.1, 0.15) is 28.4 Å². The first-order chi connectivity index (χ1) is 17.2.